The summed E-state index contributed by atoms with van der Waals surface area (Å²) in [5.74, 6) is 0.639. The molecule has 2 aromatic rings. The molecule has 1 amide bonds. The van der Waals surface area contributed by atoms with E-state index in [1.54, 1.807) is 30.3 Å². The molecule has 0 unspecified atom stereocenters. The smallest absolute Gasteiger partial charge is 0.228 e. The van der Waals surface area contributed by atoms with Gasteiger partial charge in [0.25, 0.3) is 0 Å². The number of rotatable bonds is 5. The summed E-state index contributed by atoms with van der Waals surface area (Å²) in [6, 6.07) is 12.3. The van der Waals surface area contributed by atoms with Gasteiger partial charge < -0.3 is 10.1 Å². The fourth-order valence-corrected chi connectivity index (χ4v) is 2.32. The molecule has 0 aromatic heterocycles. The quantitative estimate of drug-likeness (QED) is 0.875. The summed E-state index contributed by atoms with van der Waals surface area (Å²) in [6.45, 7) is 2.53. The third-order valence-corrected chi connectivity index (χ3v) is 3.40. The lowest BCUT2D eigenvalue weighted by Gasteiger charge is -2.08. The number of ether oxygens (including phenoxy) is 1. The van der Waals surface area contributed by atoms with Crippen molar-refractivity contribution in [3.05, 3.63) is 58.1 Å². The number of halogens is 2. The van der Waals surface area contributed by atoms with Gasteiger partial charge in [0.2, 0.25) is 5.91 Å². The van der Waals surface area contributed by atoms with Crippen molar-refractivity contribution in [1.29, 1.82) is 0 Å². The molecule has 0 spiro atoms. The van der Waals surface area contributed by atoms with Gasteiger partial charge in [-0.3, -0.25) is 4.79 Å². The molecule has 0 saturated heterocycles. The standard InChI is InChI=1S/C16H15Cl2NO2/c1-2-21-14-7-5-13(6-8-14)19-16(20)9-11-3-4-12(17)10-15(11)18/h3-8,10H,2,9H2,1H3,(H,19,20). The van der Waals surface area contributed by atoms with Crippen LogP contribution in [0.15, 0.2) is 42.5 Å². The highest BCUT2D eigenvalue weighted by Crippen LogP contribution is 2.22. The summed E-state index contributed by atoms with van der Waals surface area (Å²) in [5.41, 5.74) is 1.46. The van der Waals surface area contributed by atoms with E-state index >= 15 is 0 Å². The van der Waals surface area contributed by atoms with Gasteiger partial charge in [0.05, 0.1) is 13.0 Å². The van der Waals surface area contributed by atoms with E-state index in [9.17, 15) is 4.79 Å². The van der Waals surface area contributed by atoms with Crippen LogP contribution in [0, 0.1) is 0 Å². The number of anilines is 1. The minimum absolute atomic E-state index is 0.136. The van der Waals surface area contributed by atoms with E-state index in [2.05, 4.69) is 5.32 Å². The van der Waals surface area contributed by atoms with Crippen LogP contribution in [0.2, 0.25) is 10.0 Å². The predicted octanol–water partition coefficient (Wildman–Crippen LogP) is 4.57. The first-order chi connectivity index (χ1) is 10.1. The fraction of sp³-hybridized carbons (Fsp3) is 0.188. The van der Waals surface area contributed by atoms with Crippen LogP contribution in [-0.2, 0) is 11.2 Å². The number of nitrogens with one attached hydrogen (secondary N) is 1. The first-order valence-corrected chi connectivity index (χ1v) is 7.30. The molecule has 0 aliphatic carbocycles. The van der Waals surface area contributed by atoms with Gasteiger partial charge in [-0.05, 0) is 48.9 Å². The summed E-state index contributed by atoms with van der Waals surface area (Å²) in [4.78, 5) is 12.0. The maximum atomic E-state index is 12.0. The zero-order valence-corrected chi connectivity index (χ0v) is 13.0. The Hall–Kier alpha value is -1.71. The predicted molar refractivity (Wildman–Crippen MR) is 86.4 cm³/mol. The van der Waals surface area contributed by atoms with E-state index in [1.165, 1.54) is 0 Å². The molecule has 0 bridgehead atoms. The van der Waals surface area contributed by atoms with E-state index in [0.29, 0.717) is 22.3 Å². The topological polar surface area (TPSA) is 38.3 Å². The van der Waals surface area contributed by atoms with Crippen LogP contribution in [-0.4, -0.2) is 12.5 Å². The van der Waals surface area contributed by atoms with Crippen molar-refractivity contribution in [2.75, 3.05) is 11.9 Å². The van der Waals surface area contributed by atoms with Gasteiger partial charge >= 0.3 is 0 Å². The van der Waals surface area contributed by atoms with E-state index in [1.807, 2.05) is 19.1 Å². The summed E-state index contributed by atoms with van der Waals surface area (Å²) >= 11 is 11.9. The van der Waals surface area contributed by atoms with E-state index < -0.39 is 0 Å². The second kappa shape index (κ2) is 7.34. The third-order valence-electron chi connectivity index (χ3n) is 2.82. The molecule has 3 nitrogen and oxygen atoms in total. The number of benzene rings is 2. The molecule has 0 saturated carbocycles. The lowest BCUT2D eigenvalue weighted by Crippen LogP contribution is -2.14. The summed E-state index contributed by atoms with van der Waals surface area (Å²) in [7, 11) is 0. The Balaban J connectivity index is 1.98. The Kier molecular flexibility index (Phi) is 5.48. The van der Waals surface area contributed by atoms with Crippen LogP contribution >= 0.6 is 23.2 Å². The average Bonchev–Trinajstić information content (AvgIpc) is 2.44. The van der Waals surface area contributed by atoms with Crippen LogP contribution in [0.5, 0.6) is 5.75 Å². The second-order valence-corrected chi connectivity index (χ2v) is 5.26. The van der Waals surface area contributed by atoms with Crippen LogP contribution < -0.4 is 10.1 Å². The van der Waals surface area contributed by atoms with Crippen molar-refractivity contribution < 1.29 is 9.53 Å². The van der Waals surface area contributed by atoms with E-state index in [-0.39, 0.29) is 12.3 Å². The molecule has 0 fully saturated rings. The lowest BCUT2D eigenvalue weighted by atomic mass is 10.1. The van der Waals surface area contributed by atoms with Crippen LogP contribution in [0.4, 0.5) is 5.69 Å². The molecule has 110 valence electrons. The molecule has 2 aromatic carbocycles. The monoisotopic (exact) mass is 323 g/mol. The molecule has 0 aliphatic heterocycles. The third kappa shape index (κ3) is 4.66. The zero-order valence-electron chi connectivity index (χ0n) is 11.5. The Bertz CT molecular complexity index is 627. The molecule has 0 heterocycles. The van der Waals surface area contributed by atoms with E-state index in [4.69, 9.17) is 27.9 Å². The second-order valence-electron chi connectivity index (χ2n) is 4.42. The Morgan fingerprint density at radius 1 is 1.14 bits per heavy atom. The van der Waals surface area contributed by atoms with Gasteiger partial charge in [-0.15, -0.1) is 0 Å². The average molecular weight is 324 g/mol. The van der Waals surface area contributed by atoms with Crippen LogP contribution in [0.25, 0.3) is 0 Å². The number of carbonyl (C=O) groups excluding carboxylic acids is 1. The van der Waals surface area contributed by atoms with Crippen LogP contribution in [0.1, 0.15) is 12.5 Å². The van der Waals surface area contributed by atoms with Crippen molar-refractivity contribution in [2.45, 2.75) is 13.3 Å². The van der Waals surface area contributed by atoms with Gasteiger partial charge in [0, 0.05) is 15.7 Å². The maximum absolute atomic E-state index is 12.0. The first kappa shape index (κ1) is 15.7. The van der Waals surface area contributed by atoms with Gasteiger partial charge in [-0.2, -0.15) is 0 Å². The normalized spacial score (nSPS) is 10.2. The Morgan fingerprint density at radius 3 is 2.48 bits per heavy atom. The zero-order chi connectivity index (χ0) is 15.2. The van der Waals surface area contributed by atoms with Gasteiger partial charge in [-0.1, -0.05) is 29.3 Å². The summed E-state index contributed by atoms with van der Waals surface area (Å²) in [5, 5.41) is 3.86. The highest BCUT2D eigenvalue weighted by Gasteiger charge is 2.08. The molecular formula is C16H15Cl2NO2. The number of amides is 1. The summed E-state index contributed by atoms with van der Waals surface area (Å²) in [6.07, 6.45) is 0.198. The molecule has 21 heavy (non-hydrogen) atoms. The molecule has 0 atom stereocenters. The van der Waals surface area contributed by atoms with Crippen molar-refractivity contribution in [1.82, 2.24) is 0 Å². The first-order valence-electron chi connectivity index (χ1n) is 6.55. The molecule has 1 N–H and O–H groups in total. The Morgan fingerprint density at radius 2 is 1.86 bits per heavy atom. The number of hydrogen-bond donors (Lipinski definition) is 1. The lowest BCUT2D eigenvalue weighted by molar-refractivity contribution is -0.115. The minimum atomic E-state index is -0.136. The minimum Gasteiger partial charge on any atom is -0.494 e. The van der Waals surface area contributed by atoms with Crippen LogP contribution in [0.3, 0.4) is 0 Å². The number of carbonyl (C=O) groups is 1. The SMILES string of the molecule is CCOc1ccc(NC(=O)Cc2ccc(Cl)cc2Cl)cc1. The highest BCUT2D eigenvalue weighted by atomic mass is 35.5. The van der Waals surface area contributed by atoms with Gasteiger partial charge in [0.15, 0.2) is 0 Å². The molecule has 5 heteroatoms. The van der Waals surface area contributed by atoms with Crippen molar-refractivity contribution in [2.24, 2.45) is 0 Å². The maximum Gasteiger partial charge on any atom is 0.228 e. The highest BCUT2D eigenvalue weighted by molar-refractivity contribution is 6.35. The largest absolute Gasteiger partial charge is 0.494 e. The van der Waals surface area contributed by atoms with Gasteiger partial charge in [-0.25, -0.2) is 0 Å². The molecule has 2 rings (SSSR count). The van der Waals surface area contributed by atoms with Crippen molar-refractivity contribution in [3.8, 4) is 5.75 Å². The van der Waals surface area contributed by atoms with Gasteiger partial charge in [0.1, 0.15) is 5.75 Å². The molecule has 0 aliphatic rings. The van der Waals surface area contributed by atoms with Crippen molar-refractivity contribution >= 4 is 34.8 Å². The summed E-state index contributed by atoms with van der Waals surface area (Å²) < 4.78 is 5.35. The van der Waals surface area contributed by atoms with Crippen molar-refractivity contribution in [3.63, 3.8) is 0 Å². The van der Waals surface area contributed by atoms with E-state index in [0.717, 1.165) is 11.3 Å². The molecule has 0 radical (unpaired) electrons. The molecular weight excluding hydrogens is 309 g/mol. The Labute approximate surface area is 133 Å². The fourth-order valence-electron chi connectivity index (χ4n) is 1.84. The number of hydrogen-bond acceptors (Lipinski definition) is 2.